The Balaban J connectivity index is 1.75. The van der Waals surface area contributed by atoms with Crippen LogP contribution in [-0.2, 0) is 6.54 Å². The fraction of sp³-hybridized carbons (Fsp3) is 0.833. The minimum Gasteiger partial charge on any atom is -0.340 e. The topological polar surface area (TPSA) is 51.0 Å². The molecule has 0 atom stereocenters. The van der Waals surface area contributed by atoms with Crippen LogP contribution in [0.2, 0.25) is 0 Å². The van der Waals surface area contributed by atoms with Crippen LogP contribution in [0.15, 0.2) is 4.52 Å². The van der Waals surface area contributed by atoms with Crippen LogP contribution in [0.5, 0.6) is 0 Å². The van der Waals surface area contributed by atoms with Gasteiger partial charge in [0.2, 0.25) is 5.89 Å². The second-order valence-corrected chi connectivity index (χ2v) is 4.65. The van der Waals surface area contributed by atoms with Crippen LogP contribution >= 0.6 is 0 Å². The third-order valence-corrected chi connectivity index (χ3v) is 3.22. The standard InChI is InChI=1S/C12H21N3O/c1-10-14-12(15-16-10)9-13-11-7-5-3-2-4-6-8-11/h11,13H,2-9H2,1H3. The Labute approximate surface area is 96.8 Å². The molecule has 0 aromatic carbocycles. The average molecular weight is 223 g/mol. The molecule has 0 aliphatic heterocycles. The van der Waals surface area contributed by atoms with Gasteiger partial charge in [-0.2, -0.15) is 4.98 Å². The molecule has 0 unspecified atom stereocenters. The summed E-state index contributed by atoms with van der Waals surface area (Å²) in [4.78, 5) is 4.20. The van der Waals surface area contributed by atoms with E-state index >= 15 is 0 Å². The van der Waals surface area contributed by atoms with E-state index in [9.17, 15) is 0 Å². The second-order valence-electron chi connectivity index (χ2n) is 4.65. The molecule has 1 aromatic rings. The summed E-state index contributed by atoms with van der Waals surface area (Å²) in [5.41, 5.74) is 0. The summed E-state index contributed by atoms with van der Waals surface area (Å²) in [7, 11) is 0. The van der Waals surface area contributed by atoms with Crippen LogP contribution in [0, 0.1) is 6.92 Å². The number of rotatable bonds is 3. The van der Waals surface area contributed by atoms with Crippen molar-refractivity contribution in [2.45, 2.75) is 64.5 Å². The van der Waals surface area contributed by atoms with E-state index in [1.165, 1.54) is 44.9 Å². The van der Waals surface area contributed by atoms with Crippen LogP contribution in [0.4, 0.5) is 0 Å². The number of hydrogen-bond acceptors (Lipinski definition) is 4. The highest BCUT2D eigenvalue weighted by Gasteiger charge is 2.11. The molecule has 90 valence electrons. The third kappa shape index (κ3) is 3.59. The Morgan fingerprint density at radius 3 is 2.50 bits per heavy atom. The molecule has 1 heterocycles. The molecule has 1 saturated carbocycles. The van der Waals surface area contributed by atoms with E-state index in [2.05, 4.69) is 15.5 Å². The second kappa shape index (κ2) is 5.99. The van der Waals surface area contributed by atoms with Gasteiger partial charge in [0.1, 0.15) is 0 Å². The van der Waals surface area contributed by atoms with Crippen molar-refractivity contribution >= 4 is 0 Å². The number of nitrogens with zero attached hydrogens (tertiary/aromatic N) is 2. The Hall–Kier alpha value is -0.900. The van der Waals surface area contributed by atoms with Crippen LogP contribution in [-0.4, -0.2) is 16.2 Å². The quantitative estimate of drug-likeness (QED) is 0.855. The van der Waals surface area contributed by atoms with Crippen molar-refractivity contribution in [2.75, 3.05) is 0 Å². The lowest BCUT2D eigenvalue weighted by Crippen LogP contribution is -2.29. The zero-order valence-corrected chi connectivity index (χ0v) is 10.0. The Bertz CT molecular complexity index is 303. The molecule has 2 rings (SSSR count). The summed E-state index contributed by atoms with van der Waals surface area (Å²) >= 11 is 0. The summed E-state index contributed by atoms with van der Waals surface area (Å²) in [6.45, 7) is 2.56. The van der Waals surface area contributed by atoms with Crippen LogP contribution < -0.4 is 5.32 Å². The van der Waals surface area contributed by atoms with Gasteiger partial charge in [-0.3, -0.25) is 0 Å². The van der Waals surface area contributed by atoms with Gasteiger partial charge in [0.05, 0.1) is 6.54 Å². The van der Waals surface area contributed by atoms with Crippen molar-refractivity contribution in [1.82, 2.24) is 15.5 Å². The predicted octanol–water partition coefficient (Wildman–Crippen LogP) is 2.58. The Kier molecular flexibility index (Phi) is 4.34. The zero-order chi connectivity index (χ0) is 11.2. The number of nitrogens with one attached hydrogen (secondary N) is 1. The minimum atomic E-state index is 0.638. The first kappa shape index (κ1) is 11.6. The van der Waals surface area contributed by atoms with Crippen molar-refractivity contribution in [1.29, 1.82) is 0 Å². The molecular formula is C12H21N3O. The van der Waals surface area contributed by atoms with Gasteiger partial charge in [0.15, 0.2) is 5.82 Å². The Morgan fingerprint density at radius 1 is 1.19 bits per heavy atom. The van der Waals surface area contributed by atoms with Crippen molar-refractivity contribution < 1.29 is 4.52 Å². The maximum atomic E-state index is 4.95. The van der Waals surface area contributed by atoms with Gasteiger partial charge >= 0.3 is 0 Å². The lowest BCUT2D eigenvalue weighted by Gasteiger charge is -2.20. The first-order valence-corrected chi connectivity index (χ1v) is 6.37. The highest BCUT2D eigenvalue weighted by Crippen LogP contribution is 2.17. The van der Waals surface area contributed by atoms with Crippen molar-refractivity contribution in [2.24, 2.45) is 0 Å². The lowest BCUT2D eigenvalue weighted by atomic mass is 9.97. The summed E-state index contributed by atoms with van der Waals surface area (Å²) in [6.07, 6.45) is 9.47. The fourth-order valence-corrected chi connectivity index (χ4v) is 2.31. The largest absolute Gasteiger partial charge is 0.340 e. The fourth-order valence-electron chi connectivity index (χ4n) is 2.31. The molecule has 0 spiro atoms. The number of aromatic nitrogens is 2. The summed E-state index contributed by atoms with van der Waals surface area (Å²) in [6, 6.07) is 0.638. The summed E-state index contributed by atoms with van der Waals surface area (Å²) in [5, 5.41) is 7.43. The lowest BCUT2D eigenvalue weighted by molar-refractivity contribution is 0.368. The van der Waals surface area contributed by atoms with E-state index in [1.807, 2.05) is 6.92 Å². The molecule has 0 saturated heterocycles. The monoisotopic (exact) mass is 223 g/mol. The van der Waals surface area contributed by atoms with E-state index in [-0.39, 0.29) is 0 Å². The first-order chi connectivity index (χ1) is 7.84. The van der Waals surface area contributed by atoms with E-state index in [1.54, 1.807) is 0 Å². The molecule has 1 aromatic heterocycles. The molecule has 1 fully saturated rings. The van der Waals surface area contributed by atoms with Crippen molar-refractivity contribution in [3.63, 3.8) is 0 Å². The van der Waals surface area contributed by atoms with Gasteiger partial charge in [-0.1, -0.05) is 37.3 Å². The zero-order valence-electron chi connectivity index (χ0n) is 10.0. The first-order valence-electron chi connectivity index (χ1n) is 6.37. The van der Waals surface area contributed by atoms with Crippen LogP contribution in [0.3, 0.4) is 0 Å². The SMILES string of the molecule is Cc1nc(CNC2CCCCCCC2)no1. The molecule has 16 heavy (non-hydrogen) atoms. The Morgan fingerprint density at radius 2 is 1.88 bits per heavy atom. The smallest absolute Gasteiger partial charge is 0.223 e. The van der Waals surface area contributed by atoms with Crippen LogP contribution in [0.25, 0.3) is 0 Å². The maximum Gasteiger partial charge on any atom is 0.223 e. The predicted molar refractivity (Wildman–Crippen MR) is 62.0 cm³/mol. The highest BCUT2D eigenvalue weighted by molar-refractivity contribution is 4.84. The van der Waals surface area contributed by atoms with Crippen molar-refractivity contribution in [3.05, 3.63) is 11.7 Å². The van der Waals surface area contributed by atoms with E-state index < -0.39 is 0 Å². The van der Waals surface area contributed by atoms with Gasteiger partial charge in [-0.15, -0.1) is 0 Å². The van der Waals surface area contributed by atoms with Gasteiger partial charge in [-0.25, -0.2) is 0 Å². The summed E-state index contributed by atoms with van der Waals surface area (Å²) < 4.78 is 4.95. The van der Waals surface area contributed by atoms with Gasteiger partial charge in [0.25, 0.3) is 0 Å². The van der Waals surface area contributed by atoms with Crippen molar-refractivity contribution in [3.8, 4) is 0 Å². The number of hydrogen-bond donors (Lipinski definition) is 1. The molecule has 1 aliphatic carbocycles. The molecule has 1 aliphatic rings. The maximum absolute atomic E-state index is 4.95. The normalized spacial score (nSPS) is 19.3. The van der Waals surface area contributed by atoms with Gasteiger partial charge < -0.3 is 9.84 Å². The molecule has 4 heteroatoms. The molecule has 4 nitrogen and oxygen atoms in total. The van der Waals surface area contributed by atoms with E-state index in [0.29, 0.717) is 11.9 Å². The molecule has 0 bridgehead atoms. The molecule has 1 N–H and O–H groups in total. The highest BCUT2D eigenvalue weighted by atomic mass is 16.5. The molecule has 0 amide bonds. The third-order valence-electron chi connectivity index (χ3n) is 3.22. The average Bonchev–Trinajstić information content (AvgIpc) is 2.63. The van der Waals surface area contributed by atoms with Gasteiger partial charge in [0, 0.05) is 13.0 Å². The van der Waals surface area contributed by atoms with Gasteiger partial charge in [-0.05, 0) is 12.8 Å². The summed E-state index contributed by atoms with van der Waals surface area (Å²) in [5.74, 6) is 1.43. The van der Waals surface area contributed by atoms with Crippen LogP contribution in [0.1, 0.15) is 56.7 Å². The molecule has 0 radical (unpaired) electrons. The molecular weight excluding hydrogens is 202 g/mol. The minimum absolute atomic E-state index is 0.638. The van der Waals surface area contributed by atoms with E-state index in [4.69, 9.17) is 4.52 Å². The number of aryl methyl sites for hydroxylation is 1. The van der Waals surface area contributed by atoms with E-state index in [0.717, 1.165) is 12.4 Å².